The van der Waals surface area contributed by atoms with Crippen LogP contribution >= 0.6 is 11.6 Å². The van der Waals surface area contributed by atoms with E-state index in [9.17, 15) is 4.79 Å². The fraction of sp³-hybridized carbons (Fsp3) is 0.222. The predicted octanol–water partition coefficient (Wildman–Crippen LogP) is 3.84. The molecular weight excluding hydrogens is 296 g/mol. The SMILES string of the molecule is CC1(C)C=C(n2c(Cl)cccc2=O)c2cc(C#N)ccc2C1. The molecule has 0 amide bonds. The van der Waals surface area contributed by atoms with Crippen molar-refractivity contribution in [2.24, 2.45) is 5.41 Å². The summed E-state index contributed by atoms with van der Waals surface area (Å²) in [6.07, 6.45) is 2.92. The van der Waals surface area contributed by atoms with Gasteiger partial charge in [-0.25, -0.2) is 0 Å². The Hall–Kier alpha value is -2.31. The van der Waals surface area contributed by atoms with E-state index in [1.807, 2.05) is 18.2 Å². The molecule has 1 heterocycles. The largest absolute Gasteiger partial charge is 0.269 e. The van der Waals surface area contributed by atoms with Gasteiger partial charge in [0.1, 0.15) is 5.15 Å². The van der Waals surface area contributed by atoms with Crippen molar-refractivity contribution >= 4 is 17.3 Å². The van der Waals surface area contributed by atoms with Crippen molar-refractivity contribution in [3.05, 3.63) is 74.7 Å². The fourth-order valence-corrected chi connectivity index (χ4v) is 3.16. The van der Waals surface area contributed by atoms with Crippen LogP contribution in [0.1, 0.15) is 30.5 Å². The van der Waals surface area contributed by atoms with Gasteiger partial charge in [-0.1, -0.05) is 43.7 Å². The number of aromatic nitrogens is 1. The lowest BCUT2D eigenvalue weighted by Gasteiger charge is -2.30. The van der Waals surface area contributed by atoms with E-state index in [1.54, 1.807) is 12.1 Å². The molecule has 0 aliphatic heterocycles. The standard InChI is InChI=1S/C18H15ClN2O/c1-18(2)9-13-7-6-12(11-20)8-14(13)15(10-18)21-16(19)4-3-5-17(21)22/h3-8,10H,9H2,1-2H3. The van der Waals surface area contributed by atoms with Crippen molar-refractivity contribution in [1.82, 2.24) is 4.57 Å². The Bertz CT molecular complexity index is 885. The number of halogens is 1. The van der Waals surface area contributed by atoms with Gasteiger partial charge in [0.25, 0.3) is 5.56 Å². The van der Waals surface area contributed by atoms with Crippen molar-refractivity contribution in [2.45, 2.75) is 20.3 Å². The van der Waals surface area contributed by atoms with E-state index in [1.165, 1.54) is 10.6 Å². The minimum Gasteiger partial charge on any atom is -0.269 e. The third-order valence-electron chi connectivity index (χ3n) is 3.84. The van der Waals surface area contributed by atoms with Crippen molar-refractivity contribution in [3.63, 3.8) is 0 Å². The molecule has 0 spiro atoms. The molecular formula is C18H15ClN2O. The molecule has 1 aromatic heterocycles. The molecule has 0 saturated carbocycles. The summed E-state index contributed by atoms with van der Waals surface area (Å²) in [6, 6.07) is 12.6. The Labute approximate surface area is 134 Å². The predicted molar refractivity (Wildman–Crippen MR) is 87.7 cm³/mol. The number of fused-ring (bicyclic) bond motifs is 1. The van der Waals surface area contributed by atoms with Crippen LogP contribution in [0.4, 0.5) is 0 Å². The maximum atomic E-state index is 12.3. The van der Waals surface area contributed by atoms with Crippen LogP contribution in [0.5, 0.6) is 0 Å². The highest BCUT2D eigenvalue weighted by molar-refractivity contribution is 6.30. The molecule has 110 valence electrons. The lowest BCUT2D eigenvalue weighted by Crippen LogP contribution is -2.26. The Morgan fingerprint density at radius 2 is 2.05 bits per heavy atom. The first-order chi connectivity index (χ1) is 10.4. The van der Waals surface area contributed by atoms with Gasteiger partial charge in [-0.2, -0.15) is 5.26 Å². The van der Waals surface area contributed by atoms with Crippen LogP contribution in [0, 0.1) is 16.7 Å². The van der Waals surface area contributed by atoms with E-state index in [-0.39, 0.29) is 11.0 Å². The normalized spacial score (nSPS) is 15.6. The van der Waals surface area contributed by atoms with Crippen LogP contribution in [0.15, 0.2) is 47.3 Å². The molecule has 0 saturated heterocycles. The zero-order chi connectivity index (χ0) is 15.9. The highest BCUT2D eigenvalue weighted by Gasteiger charge is 2.27. The molecule has 4 heteroatoms. The van der Waals surface area contributed by atoms with E-state index < -0.39 is 0 Å². The second-order valence-electron chi connectivity index (χ2n) is 6.20. The zero-order valence-corrected chi connectivity index (χ0v) is 13.2. The first-order valence-electron chi connectivity index (χ1n) is 7.05. The van der Waals surface area contributed by atoms with Gasteiger partial charge in [-0.3, -0.25) is 9.36 Å². The number of nitrogens with zero attached hydrogens (tertiary/aromatic N) is 2. The lowest BCUT2D eigenvalue weighted by atomic mass is 9.77. The summed E-state index contributed by atoms with van der Waals surface area (Å²) in [6.45, 7) is 4.24. The van der Waals surface area contributed by atoms with Gasteiger partial charge in [0, 0.05) is 11.6 Å². The molecule has 0 bridgehead atoms. The van der Waals surface area contributed by atoms with Crippen molar-refractivity contribution in [3.8, 4) is 6.07 Å². The van der Waals surface area contributed by atoms with Crippen LogP contribution in [0.3, 0.4) is 0 Å². The van der Waals surface area contributed by atoms with Crippen LogP contribution < -0.4 is 5.56 Å². The van der Waals surface area contributed by atoms with Gasteiger partial charge >= 0.3 is 0 Å². The third-order valence-corrected chi connectivity index (χ3v) is 4.13. The summed E-state index contributed by atoms with van der Waals surface area (Å²) < 4.78 is 1.50. The minimum absolute atomic E-state index is 0.0882. The molecule has 0 radical (unpaired) electrons. The van der Waals surface area contributed by atoms with Crippen LogP contribution in [-0.4, -0.2) is 4.57 Å². The van der Waals surface area contributed by atoms with Crippen LogP contribution in [0.25, 0.3) is 5.70 Å². The molecule has 3 nitrogen and oxygen atoms in total. The Kier molecular flexibility index (Phi) is 3.42. The lowest BCUT2D eigenvalue weighted by molar-refractivity contribution is 0.470. The Balaban J connectivity index is 2.33. The van der Waals surface area contributed by atoms with E-state index in [0.717, 1.165) is 23.2 Å². The average molecular weight is 311 g/mol. The fourth-order valence-electron chi connectivity index (χ4n) is 2.91. The number of nitriles is 1. The molecule has 1 aliphatic carbocycles. The molecule has 0 unspecified atom stereocenters. The quantitative estimate of drug-likeness (QED) is 0.751. The number of rotatable bonds is 1. The number of benzene rings is 1. The monoisotopic (exact) mass is 310 g/mol. The molecule has 1 aromatic carbocycles. The minimum atomic E-state index is -0.176. The van der Waals surface area contributed by atoms with E-state index >= 15 is 0 Å². The second-order valence-corrected chi connectivity index (χ2v) is 6.59. The molecule has 0 N–H and O–H groups in total. The summed E-state index contributed by atoms with van der Waals surface area (Å²) in [5.41, 5.74) is 3.07. The van der Waals surface area contributed by atoms with Crippen molar-refractivity contribution < 1.29 is 0 Å². The van der Waals surface area contributed by atoms with Gasteiger partial charge < -0.3 is 0 Å². The number of hydrogen-bond acceptors (Lipinski definition) is 2. The topological polar surface area (TPSA) is 45.8 Å². The maximum absolute atomic E-state index is 12.3. The summed E-state index contributed by atoms with van der Waals surface area (Å²) in [5.74, 6) is 0. The first kappa shape index (κ1) is 14.6. The zero-order valence-electron chi connectivity index (χ0n) is 12.4. The van der Waals surface area contributed by atoms with E-state index in [0.29, 0.717) is 10.7 Å². The Morgan fingerprint density at radius 3 is 2.73 bits per heavy atom. The van der Waals surface area contributed by atoms with Crippen molar-refractivity contribution in [2.75, 3.05) is 0 Å². The van der Waals surface area contributed by atoms with Crippen LogP contribution in [0.2, 0.25) is 5.15 Å². The van der Waals surface area contributed by atoms with E-state index in [2.05, 4.69) is 26.0 Å². The molecule has 2 aromatic rings. The smallest absolute Gasteiger partial charge is 0.256 e. The maximum Gasteiger partial charge on any atom is 0.256 e. The summed E-state index contributed by atoms with van der Waals surface area (Å²) in [5, 5.41) is 9.51. The first-order valence-corrected chi connectivity index (χ1v) is 7.43. The van der Waals surface area contributed by atoms with Gasteiger partial charge in [0.15, 0.2) is 0 Å². The average Bonchev–Trinajstić information content (AvgIpc) is 2.45. The van der Waals surface area contributed by atoms with Gasteiger partial charge in [-0.15, -0.1) is 0 Å². The Morgan fingerprint density at radius 1 is 1.27 bits per heavy atom. The highest BCUT2D eigenvalue weighted by Crippen LogP contribution is 2.37. The second kappa shape index (κ2) is 5.15. The van der Waals surface area contributed by atoms with Gasteiger partial charge in [0.2, 0.25) is 0 Å². The number of pyridine rings is 1. The third kappa shape index (κ3) is 2.47. The molecule has 0 atom stereocenters. The molecule has 3 rings (SSSR count). The molecule has 0 fully saturated rings. The molecule has 22 heavy (non-hydrogen) atoms. The molecule has 1 aliphatic rings. The number of hydrogen-bond donors (Lipinski definition) is 0. The van der Waals surface area contributed by atoms with Gasteiger partial charge in [-0.05, 0) is 35.6 Å². The summed E-state index contributed by atoms with van der Waals surface area (Å²) in [7, 11) is 0. The van der Waals surface area contributed by atoms with E-state index in [4.69, 9.17) is 16.9 Å². The van der Waals surface area contributed by atoms with Gasteiger partial charge in [0.05, 0.1) is 17.3 Å². The number of allylic oxidation sites excluding steroid dienone is 1. The highest BCUT2D eigenvalue weighted by atomic mass is 35.5. The summed E-state index contributed by atoms with van der Waals surface area (Å²) in [4.78, 5) is 12.3. The van der Waals surface area contributed by atoms with Crippen molar-refractivity contribution in [1.29, 1.82) is 5.26 Å². The summed E-state index contributed by atoms with van der Waals surface area (Å²) >= 11 is 6.25. The van der Waals surface area contributed by atoms with Crippen LogP contribution in [-0.2, 0) is 6.42 Å².